The summed E-state index contributed by atoms with van der Waals surface area (Å²) in [6.45, 7) is 0.386. The van der Waals surface area contributed by atoms with Crippen LogP contribution in [0.3, 0.4) is 0 Å². The molecular weight excluding hydrogens is 240 g/mol. The summed E-state index contributed by atoms with van der Waals surface area (Å²) in [7, 11) is 1.81. The number of hydrogen-bond donors (Lipinski definition) is 2. The largest absolute Gasteiger partial charge is 0.397 e. The van der Waals surface area contributed by atoms with E-state index in [9.17, 15) is 8.78 Å². The standard InChI is InChI=1S/C11H13F2N5/c1-18-6-16-17-9(18)4-5-15-11-8(14)3-2-7(12)10(11)13/h2-3,6,15H,4-5,14H2,1H3. The average molecular weight is 253 g/mol. The second-order valence-corrected chi connectivity index (χ2v) is 3.86. The number of anilines is 2. The van der Waals surface area contributed by atoms with Crippen molar-refractivity contribution in [2.75, 3.05) is 17.6 Å². The SMILES string of the molecule is Cn1cnnc1CCNc1c(N)ccc(F)c1F. The number of rotatable bonds is 4. The number of aryl methyl sites for hydroxylation is 1. The van der Waals surface area contributed by atoms with Crippen LogP contribution in [0.15, 0.2) is 18.5 Å². The van der Waals surface area contributed by atoms with Crippen molar-refractivity contribution in [3.63, 3.8) is 0 Å². The highest BCUT2D eigenvalue weighted by Gasteiger charge is 2.11. The second kappa shape index (κ2) is 4.99. The minimum atomic E-state index is -0.965. The first-order valence-corrected chi connectivity index (χ1v) is 5.40. The van der Waals surface area contributed by atoms with Gasteiger partial charge in [-0.2, -0.15) is 0 Å². The third-order valence-electron chi connectivity index (χ3n) is 2.58. The molecule has 2 aromatic rings. The Balaban J connectivity index is 2.03. The van der Waals surface area contributed by atoms with E-state index in [-0.39, 0.29) is 11.4 Å². The number of hydrogen-bond acceptors (Lipinski definition) is 4. The number of nitrogens with zero attached hydrogens (tertiary/aromatic N) is 3. The zero-order valence-corrected chi connectivity index (χ0v) is 9.82. The second-order valence-electron chi connectivity index (χ2n) is 3.86. The monoisotopic (exact) mass is 253 g/mol. The minimum Gasteiger partial charge on any atom is -0.397 e. The van der Waals surface area contributed by atoms with Crippen LogP contribution in [0, 0.1) is 11.6 Å². The highest BCUT2D eigenvalue weighted by Crippen LogP contribution is 2.24. The van der Waals surface area contributed by atoms with Crippen LogP contribution in [0.4, 0.5) is 20.2 Å². The molecule has 2 rings (SSSR count). The summed E-state index contributed by atoms with van der Waals surface area (Å²) in [5.41, 5.74) is 5.73. The minimum absolute atomic E-state index is 0.0165. The summed E-state index contributed by atoms with van der Waals surface area (Å²) >= 11 is 0. The van der Waals surface area contributed by atoms with Gasteiger partial charge >= 0.3 is 0 Å². The van der Waals surface area contributed by atoms with Crippen LogP contribution in [-0.2, 0) is 13.5 Å². The van der Waals surface area contributed by atoms with Gasteiger partial charge in [-0.3, -0.25) is 0 Å². The van der Waals surface area contributed by atoms with Crippen LogP contribution < -0.4 is 11.1 Å². The van der Waals surface area contributed by atoms with Crippen LogP contribution in [0.25, 0.3) is 0 Å². The van der Waals surface area contributed by atoms with Gasteiger partial charge in [0, 0.05) is 20.0 Å². The van der Waals surface area contributed by atoms with E-state index in [4.69, 9.17) is 5.73 Å². The Kier molecular flexibility index (Phi) is 3.40. The summed E-state index contributed by atoms with van der Waals surface area (Å²) in [6.07, 6.45) is 2.11. The summed E-state index contributed by atoms with van der Waals surface area (Å²) in [4.78, 5) is 0. The lowest BCUT2D eigenvalue weighted by Crippen LogP contribution is -2.11. The fraction of sp³-hybridized carbons (Fsp3) is 0.273. The van der Waals surface area contributed by atoms with E-state index in [1.165, 1.54) is 6.07 Å². The van der Waals surface area contributed by atoms with E-state index in [2.05, 4.69) is 15.5 Å². The molecule has 1 aromatic carbocycles. The molecule has 0 saturated heterocycles. The molecule has 1 heterocycles. The third kappa shape index (κ3) is 2.39. The van der Waals surface area contributed by atoms with Gasteiger partial charge in [-0.15, -0.1) is 10.2 Å². The Hall–Kier alpha value is -2.18. The molecule has 0 aliphatic rings. The molecule has 18 heavy (non-hydrogen) atoms. The van der Waals surface area contributed by atoms with Crippen molar-refractivity contribution in [1.29, 1.82) is 0 Å². The summed E-state index contributed by atoms with van der Waals surface area (Å²) in [6, 6.07) is 2.32. The maximum atomic E-state index is 13.5. The van der Waals surface area contributed by atoms with E-state index in [0.29, 0.717) is 13.0 Å². The van der Waals surface area contributed by atoms with Crippen molar-refractivity contribution >= 4 is 11.4 Å². The normalized spacial score (nSPS) is 10.6. The number of benzene rings is 1. The summed E-state index contributed by atoms with van der Waals surface area (Å²) < 4.78 is 28.2. The Morgan fingerprint density at radius 2 is 2.17 bits per heavy atom. The third-order valence-corrected chi connectivity index (χ3v) is 2.58. The van der Waals surface area contributed by atoms with Gasteiger partial charge in [0.25, 0.3) is 0 Å². The molecular formula is C11H13F2N5. The van der Waals surface area contributed by atoms with Gasteiger partial charge in [-0.05, 0) is 12.1 Å². The van der Waals surface area contributed by atoms with Gasteiger partial charge in [0.05, 0.1) is 11.4 Å². The van der Waals surface area contributed by atoms with Crippen LogP contribution in [0.1, 0.15) is 5.82 Å². The highest BCUT2D eigenvalue weighted by molar-refractivity contribution is 5.66. The van der Waals surface area contributed by atoms with Crippen molar-refractivity contribution in [2.24, 2.45) is 7.05 Å². The summed E-state index contributed by atoms with van der Waals surface area (Å²) in [5.74, 6) is -1.14. The predicted octanol–water partition coefficient (Wildman–Crippen LogP) is 1.33. The summed E-state index contributed by atoms with van der Waals surface area (Å²) in [5, 5.41) is 10.4. The molecule has 0 aliphatic heterocycles. The van der Waals surface area contributed by atoms with E-state index in [1.807, 2.05) is 7.05 Å². The first-order valence-electron chi connectivity index (χ1n) is 5.40. The first kappa shape index (κ1) is 12.3. The average Bonchev–Trinajstić information content (AvgIpc) is 2.74. The zero-order valence-electron chi connectivity index (χ0n) is 9.82. The maximum absolute atomic E-state index is 13.5. The fourth-order valence-electron chi connectivity index (χ4n) is 1.58. The van der Waals surface area contributed by atoms with Crippen LogP contribution >= 0.6 is 0 Å². The molecule has 0 fully saturated rings. The molecule has 7 heteroatoms. The Bertz CT molecular complexity index is 552. The Labute approximate surface area is 103 Å². The lowest BCUT2D eigenvalue weighted by atomic mass is 10.2. The number of aromatic nitrogens is 3. The van der Waals surface area contributed by atoms with Crippen molar-refractivity contribution in [2.45, 2.75) is 6.42 Å². The van der Waals surface area contributed by atoms with Crippen molar-refractivity contribution in [3.8, 4) is 0 Å². The molecule has 0 amide bonds. The zero-order chi connectivity index (χ0) is 13.1. The molecule has 1 aromatic heterocycles. The number of nitrogen functional groups attached to an aromatic ring is 1. The van der Waals surface area contributed by atoms with E-state index in [0.717, 1.165) is 11.9 Å². The number of nitrogens with two attached hydrogens (primary N) is 1. The van der Waals surface area contributed by atoms with Crippen molar-refractivity contribution in [1.82, 2.24) is 14.8 Å². The van der Waals surface area contributed by atoms with Crippen molar-refractivity contribution in [3.05, 3.63) is 35.9 Å². The molecule has 0 spiro atoms. The Morgan fingerprint density at radius 3 is 2.83 bits per heavy atom. The molecule has 0 bridgehead atoms. The van der Waals surface area contributed by atoms with Crippen LogP contribution in [0.2, 0.25) is 0 Å². The van der Waals surface area contributed by atoms with Crippen molar-refractivity contribution < 1.29 is 8.78 Å². The molecule has 96 valence electrons. The Morgan fingerprint density at radius 1 is 1.39 bits per heavy atom. The molecule has 5 nitrogen and oxygen atoms in total. The van der Waals surface area contributed by atoms with Crippen LogP contribution in [0.5, 0.6) is 0 Å². The van der Waals surface area contributed by atoms with Gasteiger partial charge in [0.2, 0.25) is 0 Å². The molecule has 0 aliphatic carbocycles. The topological polar surface area (TPSA) is 68.8 Å². The van der Waals surface area contributed by atoms with E-state index >= 15 is 0 Å². The first-order chi connectivity index (χ1) is 8.59. The molecule has 0 radical (unpaired) electrons. The van der Waals surface area contributed by atoms with Crippen LogP contribution in [-0.4, -0.2) is 21.3 Å². The molecule has 0 atom stereocenters. The van der Waals surface area contributed by atoms with E-state index in [1.54, 1.807) is 10.9 Å². The van der Waals surface area contributed by atoms with E-state index < -0.39 is 11.6 Å². The quantitative estimate of drug-likeness (QED) is 0.806. The maximum Gasteiger partial charge on any atom is 0.183 e. The molecule has 0 unspecified atom stereocenters. The van der Waals surface area contributed by atoms with Gasteiger partial charge in [-0.25, -0.2) is 8.78 Å². The van der Waals surface area contributed by atoms with Gasteiger partial charge in [0.15, 0.2) is 11.6 Å². The van der Waals surface area contributed by atoms with Gasteiger partial charge in [0.1, 0.15) is 12.2 Å². The fourth-order valence-corrected chi connectivity index (χ4v) is 1.58. The van der Waals surface area contributed by atoms with Gasteiger partial charge in [-0.1, -0.05) is 0 Å². The predicted molar refractivity (Wildman–Crippen MR) is 64.0 cm³/mol. The smallest absolute Gasteiger partial charge is 0.183 e. The molecule has 0 saturated carbocycles. The molecule has 3 N–H and O–H groups in total. The lowest BCUT2D eigenvalue weighted by Gasteiger charge is -2.10. The number of halogens is 2. The lowest BCUT2D eigenvalue weighted by molar-refractivity contribution is 0.511. The number of nitrogens with one attached hydrogen (secondary N) is 1. The van der Waals surface area contributed by atoms with Gasteiger partial charge < -0.3 is 15.6 Å². The highest BCUT2D eigenvalue weighted by atomic mass is 19.2.